The van der Waals surface area contributed by atoms with Crippen molar-refractivity contribution in [3.05, 3.63) is 53.6 Å². The minimum absolute atomic E-state index is 0.0354. The van der Waals surface area contributed by atoms with Gasteiger partial charge in [-0.3, -0.25) is 0 Å². The number of benzene rings is 2. The molecule has 0 saturated heterocycles. The van der Waals surface area contributed by atoms with Crippen molar-refractivity contribution in [2.24, 2.45) is 0 Å². The maximum absolute atomic E-state index is 11.9. The standard InChI is InChI=1S/C17H15NO6/c1-23-15-8-10(2-6-14(15)20)3-7-16(21)24-17(22)12-9-11(19)4-5-13(12)18/h2-9,19-20H,18H2,1H3. The van der Waals surface area contributed by atoms with Crippen LogP contribution in [0.25, 0.3) is 6.08 Å². The van der Waals surface area contributed by atoms with Crippen LogP contribution in [0.5, 0.6) is 17.2 Å². The molecule has 0 radical (unpaired) electrons. The van der Waals surface area contributed by atoms with Crippen LogP contribution in [0.4, 0.5) is 5.69 Å². The highest BCUT2D eigenvalue weighted by molar-refractivity contribution is 6.04. The summed E-state index contributed by atoms with van der Waals surface area (Å²) in [4.78, 5) is 23.6. The molecule has 7 nitrogen and oxygen atoms in total. The Morgan fingerprint density at radius 3 is 2.58 bits per heavy atom. The highest BCUT2D eigenvalue weighted by atomic mass is 16.6. The largest absolute Gasteiger partial charge is 0.508 e. The van der Waals surface area contributed by atoms with Crippen molar-refractivity contribution in [2.45, 2.75) is 0 Å². The number of carbonyl (C=O) groups excluding carboxylic acids is 2. The van der Waals surface area contributed by atoms with Gasteiger partial charge in [0.15, 0.2) is 11.5 Å². The molecule has 0 aliphatic rings. The predicted molar refractivity (Wildman–Crippen MR) is 86.6 cm³/mol. The van der Waals surface area contributed by atoms with Gasteiger partial charge >= 0.3 is 11.9 Å². The summed E-state index contributed by atoms with van der Waals surface area (Å²) in [5.41, 5.74) is 6.13. The number of phenolic OH excluding ortho intramolecular Hbond substituents is 2. The van der Waals surface area contributed by atoms with Crippen molar-refractivity contribution in [1.82, 2.24) is 0 Å². The number of carbonyl (C=O) groups is 2. The monoisotopic (exact) mass is 329 g/mol. The van der Waals surface area contributed by atoms with Gasteiger partial charge in [-0.15, -0.1) is 0 Å². The molecule has 0 spiro atoms. The van der Waals surface area contributed by atoms with Gasteiger partial charge in [0.05, 0.1) is 12.7 Å². The summed E-state index contributed by atoms with van der Waals surface area (Å²) in [5.74, 6) is -1.84. The zero-order valence-corrected chi connectivity index (χ0v) is 12.7. The molecule has 0 unspecified atom stereocenters. The first kappa shape index (κ1) is 16.9. The molecule has 2 aromatic carbocycles. The Labute approximate surface area is 137 Å². The summed E-state index contributed by atoms with van der Waals surface area (Å²) in [6.45, 7) is 0. The minimum atomic E-state index is -0.971. The van der Waals surface area contributed by atoms with Crippen molar-refractivity contribution in [2.75, 3.05) is 12.8 Å². The van der Waals surface area contributed by atoms with E-state index >= 15 is 0 Å². The molecule has 4 N–H and O–H groups in total. The summed E-state index contributed by atoms with van der Waals surface area (Å²) in [5, 5.41) is 18.8. The first-order valence-electron chi connectivity index (χ1n) is 6.80. The number of anilines is 1. The highest BCUT2D eigenvalue weighted by Gasteiger charge is 2.15. The Bertz CT molecular complexity index is 813. The fourth-order valence-electron chi connectivity index (χ4n) is 1.86. The van der Waals surface area contributed by atoms with Crippen molar-refractivity contribution < 1.29 is 29.3 Å². The fraction of sp³-hybridized carbons (Fsp3) is 0.0588. The molecule has 0 aliphatic heterocycles. The van der Waals surface area contributed by atoms with Gasteiger partial charge in [-0.2, -0.15) is 0 Å². The number of hydrogen-bond donors (Lipinski definition) is 3. The molecule has 2 rings (SSSR count). The second kappa shape index (κ2) is 7.19. The highest BCUT2D eigenvalue weighted by Crippen LogP contribution is 2.26. The molecule has 24 heavy (non-hydrogen) atoms. The van der Waals surface area contributed by atoms with E-state index in [-0.39, 0.29) is 28.5 Å². The third kappa shape index (κ3) is 4.04. The molecule has 0 heterocycles. The van der Waals surface area contributed by atoms with E-state index in [4.69, 9.17) is 10.5 Å². The average molecular weight is 329 g/mol. The Hall–Kier alpha value is -3.48. The molecule has 124 valence electrons. The molecule has 0 amide bonds. The first-order valence-corrected chi connectivity index (χ1v) is 6.80. The lowest BCUT2D eigenvalue weighted by Crippen LogP contribution is -2.12. The number of esters is 2. The lowest BCUT2D eigenvalue weighted by atomic mass is 10.1. The van der Waals surface area contributed by atoms with Gasteiger partial charge in [0.25, 0.3) is 0 Å². The average Bonchev–Trinajstić information content (AvgIpc) is 2.56. The summed E-state index contributed by atoms with van der Waals surface area (Å²) >= 11 is 0. The smallest absolute Gasteiger partial charge is 0.348 e. The maximum atomic E-state index is 11.9. The molecule has 2 aromatic rings. The molecule has 0 aromatic heterocycles. The zero-order chi connectivity index (χ0) is 17.7. The van der Waals surface area contributed by atoms with Gasteiger partial charge < -0.3 is 25.4 Å². The maximum Gasteiger partial charge on any atom is 0.348 e. The van der Waals surface area contributed by atoms with E-state index < -0.39 is 11.9 Å². The normalized spacial score (nSPS) is 10.5. The van der Waals surface area contributed by atoms with Crippen LogP contribution in [0.1, 0.15) is 15.9 Å². The Balaban J connectivity index is 2.07. The Morgan fingerprint density at radius 2 is 1.88 bits per heavy atom. The number of aromatic hydroxyl groups is 2. The number of methoxy groups -OCH3 is 1. The third-order valence-electron chi connectivity index (χ3n) is 3.07. The Kier molecular flexibility index (Phi) is 5.06. The molecule has 0 atom stereocenters. The van der Waals surface area contributed by atoms with Gasteiger partial charge in [0.1, 0.15) is 5.75 Å². The van der Waals surface area contributed by atoms with Gasteiger partial charge in [-0.1, -0.05) is 6.07 Å². The summed E-state index contributed by atoms with van der Waals surface area (Å²) in [6.07, 6.45) is 2.44. The van der Waals surface area contributed by atoms with Crippen LogP contribution in [0.15, 0.2) is 42.5 Å². The minimum Gasteiger partial charge on any atom is -0.508 e. The van der Waals surface area contributed by atoms with E-state index in [2.05, 4.69) is 4.74 Å². The summed E-state index contributed by atoms with van der Waals surface area (Å²) < 4.78 is 9.59. The number of ether oxygens (including phenoxy) is 2. The molecular formula is C17H15NO6. The van der Waals surface area contributed by atoms with E-state index in [1.54, 1.807) is 6.07 Å². The number of hydrogen-bond acceptors (Lipinski definition) is 7. The molecule has 0 bridgehead atoms. The van der Waals surface area contributed by atoms with Crippen molar-refractivity contribution in [3.8, 4) is 17.2 Å². The van der Waals surface area contributed by atoms with E-state index in [0.717, 1.165) is 12.1 Å². The van der Waals surface area contributed by atoms with Crippen molar-refractivity contribution in [1.29, 1.82) is 0 Å². The van der Waals surface area contributed by atoms with Gasteiger partial charge in [-0.05, 0) is 42.0 Å². The van der Waals surface area contributed by atoms with Gasteiger partial charge in [0.2, 0.25) is 0 Å². The van der Waals surface area contributed by atoms with Gasteiger partial charge in [0, 0.05) is 11.8 Å². The van der Waals surface area contributed by atoms with Crippen LogP contribution >= 0.6 is 0 Å². The van der Waals surface area contributed by atoms with Crippen LogP contribution in [-0.2, 0) is 9.53 Å². The SMILES string of the molecule is COc1cc(C=CC(=O)OC(=O)c2cc(O)ccc2N)ccc1O. The van der Waals surface area contributed by atoms with Crippen LogP contribution in [0.2, 0.25) is 0 Å². The van der Waals surface area contributed by atoms with Crippen LogP contribution in [0.3, 0.4) is 0 Å². The molecular weight excluding hydrogens is 314 g/mol. The lowest BCUT2D eigenvalue weighted by Gasteiger charge is -2.05. The van der Waals surface area contributed by atoms with E-state index in [1.165, 1.54) is 37.5 Å². The fourth-order valence-corrected chi connectivity index (χ4v) is 1.86. The summed E-state index contributed by atoms with van der Waals surface area (Å²) in [7, 11) is 1.40. The second-order valence-corrected chi connectivity index (χ2v) is 4.74. The molecule has 7 heteroatoms. The van der Waals surface area contributed by atoms with Crippen molar-refractivity contribution >= 4 is 23.7 Å². The van der Waals surface area contributed by atoms with Crippen LogP contribution in [0, 0.1) is 0 Å². The van der Waals surface area contributed by atoms with Crippen LogP contribution in [-0.4, -0.2) is 29.3 Å². The molecule has 0 fully saturated rings. The van der Waals surface area contributed by atoms with Gasteiger partial charge in [-0.25, -0.2) is 9.59 Å². The summed E-state index contributed by atoms with van der Waals surface area (Å²) in [6, 6.07) is 8.22. The predicted octanol–water partition coefficient (Wildman–Crippen LogP) is 2.09. The first-order chi connectivity index (χ1) is 11.4. The number of nitrogens with two attached hydrogens (primary N) is 1. The zero-order valence-electron chi connectivity index (χ0n) is 12.7. The van der Waals surface area contributed by atoms with E-state index in [0.29, 0.717) is 5.56 Å². The lowest BCUT2D eigenvalue weighted by molar-refractivity contribution is -0.132. The molecule has 0 saturated carbocycles. The molecule has 0 aliphatic carbocycles. The van der Waals surface area contributed by atoms with E-state index in [1.807, 2.05) is 0 Å². The number of phenols is 2. The van der Waals surface area contributed by atoms with Crippen molar-refractivity contribution in [3.63, 3.8) is 0 Å². The quantitative estimate of drug-likeness (QED) is 0.258. The second-order valence-electron chi connectivity index (χ2n) is 4.74. The van der Waals surface area contributed by atoms with Crippen LogP contribution < -0.4 is 10.5 Å². The third-order valence-corrected chi connectivity index (χ3v) is 3.07. The topological polar surface area (TPSA) is 119 Å². The number of rotatable bonds is 4. The number of nitrogen functional groups attached to an aromatic ring is 1. The Morgan fingerprint density at radius 1 is 1.12 bits per heavy atom. The van der Waals surface area contributed by atoms with E-state index in [9.17, 15) is 19.8 Å².